The fourth-order valence-electron chi connectivity index (χ4n) is 3.59. The largest absolute Gasteiger partial charge is 0.491 e. The molecule has 2 aliphatic heterocycles. The summed E-state index contributed by atoms with van der Waals surface area (Å²) in [6, 6.07) is 7.60. The summed E-state index contributed by atoms with van der Waals surface area (Å²) in [6.45, 7) is 4.89. The van der Waals surface area contributed by atoms with Crippen LogP contribution in [0.1, 0.15) is 43.0 Å². The molecule has 2 saturated heterocycles. The van der Waals surface area contributed by atoms with Crippen LogP contribution >= 0.6 is 0 Å². The molecule has 0 aromatic heterocycles. The van der Waals surface area contributed by atoms with Gasteiger partial charge in [0, 0.05) is 31.3 Å². The van der Waals surface area contributed by atoms with Crippen LogP contribution in [0.3, 0.4) is 0 Å². The van der Waals surface area contributed by atoms with Crippen molar-refractivity contribution in [2.45, 2.75) is 44.8 Å². The molecule has 0 radical (unpaired) electrons. The van der Waals surface area contributed by atoms with E-state index in [-0.39, 0.29) is 18.1 Å². The topological polar surface area (TPSA) is 64.8 Å². The summed E-state index contributed by atoms with van der Waals surface area (Å²) in [5.41, 5.74) is 6.56. The van der Waals surface area contributed by atoms with Gasteiger partial charge in [-0.25, -0.2) is 0 Å². The fraction of sp³-hybridized carbons (Fsp3) is 0.632. The number of carbonyl (C=O) groups is 1. The lowest BCUT2D eigenvalue weighted by Crippen LogP contribution is -2.49. The number of nitrogens with two attached hydrogens (primary N) is 1. The molecule has 1 aromatic rings. The third-order valence-corrected chi connectivity index (χ3v) is 5.05. The average molecular weight is 332 g/mol. The van der Waals surface area contributed by atoms with E-state index in [1.807, 2.05) is 29.2 Å². The summed E-state index contributed by atoms with van der Waals surface area (Å²) < 4.78 is 11.4. The lowest BCUT2D eigenvalue weighted by Gasteiger charge is -2.38. The lowest BCUT2D eigenvalue weighted by molar-refractivity contribution is 0.0571. The van der Waals surface area contributed by atoms with E-state index in [0.29, 0.717) is 24.6 Å². The van der Waals surface area contributed by atoms with E-state index in [9.17, 15) is 4.79 Å². The van der Waals surface area contributed by atoms with Gasteiger partial charge in [-0.1, -0.05) is 13.0 Å². The standard InChI is InChI=1S/C19H28N2O3/c1-14-7-8-21(16(10-14)12-20)19(22)15-4-2-5-17(11-15)24-13-18-6-3-9-23-18/h2,4-5,11,14,16,18H,3,6-10,12-13,20H2,1H3. The Morgan fingerprint density at radius 1 is 1.42 bits per heavy atom. The summed E-state index contributed by atoms with van der Waals surface area (Å²) in [7, 11) is 0. The number of ether oxygens (including phenoxy) is 2. The number of benzene rings is 1. The zero-order valence-corrected chi connectivity index (χ0v) is 14.4. The van der Waals surface area contributed by atoms with Crippen molar-refractivity contribution in [2.75, 3.05) is 26.3 Å². The molecule has 2 heterocycles. The Bertz CT molecular complexity index is 557. The minimum Gasteiger partial charge on any atom is -0.491 e. The second-order valence-corrected chi connectivity index (χ2v) is 6.99. The van der Waals surface area contributed by atoms with Crippen molar-refractivity contribution in [1.29, 1.82) is 0 Å². The van der Waals surface area contributed by atoms with Crippen molar-refractivity contribution in [3.8, 4) is 5.75 Å². The van der Waals surface area contributed by atoms with Crippen LogP contribution in [0.2, 0.25) is 0 Å². The van der Waals surface area contributed by atoms with Crippen molar-refractivity contribution in [2.24, 2.45) is 11.7 Å². The molecule has 0 saturated carbocycles. The predicted octanol–water partition coefficient (Wildman–Crippen LogP) is 2.44. The number of hydrogen-bond donors (Lipinski definition) is 1. The van der Waals surface area contributed by atoms with E-state index in [1.54, 1.807) is 0 Å². The van der Waals surface area contributed by atoms with E-state index < -0.39 is 0 Å². The van der Waals surface area contributed by atoms with Gasteiger partial charge < -0.3 is 20.1 Å². The number of rotatable bonds is 5. The van der Waals surface area contributed by atoms with Crippen LogP contribution in [0.4, 0.5) is 0 Å². The molecule has 3 rings (SSSR count). The zero-order chi connectivity index (χ0) is 16.9. The van der Waals surface area contributed by atoms with Gasteiger partial charge in [0.2, 0.25) is 0 Å². The first-order valence-electron chi connectivity index (χ1n) is 9.03. The van der Waals surface area contributed by atoms with Gasteiger partial charge in [0.05, 0.1) is 6.10 Å². The molecule has 0 spiro atoms. The van der Waals surface area contributed by atoms with E-state index in [1.165, 1.54) is 0 Å². The summed E-state index contributed by atoms with van der Waals surface area (Å²) in [5.74, 6) is 1.41. The van der Waals surface area contributed by atoms with Gasteiger partial charge in [-0.15, -0.1) is 0 Å². The summed E-state index contributed by atoms with van der Waals surface area (Å²) in [6.07, 6.45) is 4.34. The van der Waals surface area contributed by atoms with Crippen molar-refractivity contribution >= 4 is 5.91 Å². The van der Waals surface area contributed by atoms with Crippen LogP contribution in [0, 0.1) is 5.92 Å². The molecule has 0 aliphatic carbocycles. The van der Waals surface area contributed by atoms with Gasteiger partial charge in [-0.3, -0.25) is 4.79 Å². The molecule has 132 valence electrons. The molecule has 5 nitrogen and oxygen atoms in total. The number of amides is 1. The lowest BCUT2D eigenvalue weighted by atomic mass is 9.92. The maximum Gasteiger partial charge on any atom is 0.254 e. The Labute approximate surface area is 144 Å². The third kappa shape index (κ3) is 4.08. The molecule has 2 fully saturated rings. The highest BCUT2D eigenvalue weighted by atomic mass is 16.5. The first-order chi connectivity index (χ1) is 11.7. The van der Waals surface area contributed by atoms with Crippen LogP contribution in [0.5, 0.6) is 5.75 Å². The van der Waals surface area contributed by atoms with Gasteiger partial charge in [-0.2, -0.15) is 0 Å². The van der Waals surface area contributed by atoms with Crippen LogP contribution in [-0.2, 0) is 4.74 Å². The average Bonchev–Trinajstić information content (AvgIpc) is 3.13. The predicted molar refractivity (Wildman–Crippen MR) is 93.2 cm³/mol. The maximum absolute atomic E-state index is 12.9. The minimum absolute atomic E-state index is 0.0555. The molecule has 24 heavy (non-hydrogen) atoms. The molecular weight excluding hydrogens is 304 g/mol. The highest BCUT2D eigenvalue weighted by Gasteiger charge is 2.29. The number of hydrogen-bond acceptors (Lipinski definition) is 4. The van der Waals surface area contributed by atoms with Crippen LogP contribution < -0.4 is 10.5 Å². The Kier molecular flexibility index (Phi) is 5.74. The Morgan fingerprint density at radius 2 is 2.29 bits per heavy atom. The van der Waals surface area contributed by atoms with Gasteiger partial charge in [0.1, 0.15) is 12.4 Å². The van der Waals surface area contributed by atoms with E-state index in [4.69, 9.17) is 15.2 Å². The first kappa shape index (κ1) is 17.2. The zero-order valence-electron chi connectivity index (χ0n) is 14.4. The summed E-state index contributed by atoms with van der Waals surface area (Å²) >= 11 is 0. The molecule has 3 atom stereocenters. The quantitative estimate of drug-likeness (QED) is 0.899. The van der Waals surface area contributed by atoms with Crippen LogP contribution in [0.15, 0.2) is 24.3 Å². The number of nitrogens with zero attached hydrogens (tertiary/aromatic N) is 1. The first-order valence-corrected chi connectivity index (χ1v) is 9.03. The highest BCUT2D eigenvalue weighted by Crippen LogP contribution is 2.25. The Hall–Kier alpha value is -1.59. The van der Waals surface area contributed by atoms with Crippen molar-refractivity contribution in [3.63, 3.8) is 0 Å². The van der Waals surface area contributed by atoms with Crippen LogP contribution in [-0.4, -0.2) is 49.3 Å². The normalized spacial score (nSPS) is 27.2. The fourth-order valence-corrected chi connectivity index (χ4v) is 3.59. The Morgan fingerprint density at radius 3 is 3.04 bits per heavy atom. The highest BCUT2D eigenvalue weighted by molar-refractivity contribution is 5.94. The molecule has 0 bridgehead atoms. The van der Waals surface area contributed by atoms with Crippen LogP contribution in [0.25, 0.3) is 0 Å². The molecule has 1 aromatic carbocycles. The molecular formula is C19H28N2O3. The van der Waals surface area contributed by atoms with Crippen molar-refractivity contribution in [1.82, 2.24) is 4.90 Å². The molecule has 2 aliphatic rings. The van der Waals surface area contributed by atoms with Gasteiger partial charge >= 0.3 is 0 Å². The van der Waals surface area contributed by atoms with Crippen molar-refractivity contribution < 1.29 is 14.3 Å². The summed E-state index contributed by atoms with van der Waals surface area (Å²) in [4.78, 5) is 14.8. The van der Waals surface area contributed by atoms with E-state index in [0.717, 1.165) is 44.6 Å². The van der Waals surface area contributed by atoms with Gasteiger partial charge in [0.15, 0.2) is 0 Å². The van der Waals surface area contributed by atoms with Crippen molar-refractivity contribution in [3.05, 3.63) is 29.8 Å². The molecule has 5 heteroatoms. The number of piperidine rings is 1. The van der Waals surface area contributed by atoms with E-state index in [2.05, 4.69) is 6.92 Å². The third-order valence-electron chi connectivity index (χ3n) is 5.05. The maximum atomic E-state index is 12.9. The molecule has 2 N–H and O–H groups in total. The molecule has 1 amide bonds. The second kappa shape index (κ2) is 7.99. The monoisotopic (exact) mass is 332 g/mol. The van der Waals surface area contributed by atoms with Gasteiger partial charge in [0.25, 0.3) is 5.91 Å². The van der Waals surface area contributed by atoms with E-state index >= 15 is 0 Å². The van der Waals surface area contributed by atoms with Gasteiger partial charge in [-0.05, 0) is 49.8 Å². The number of carbonyl (C=O) groups excluding carboxylic acids is 1. The minimum atomic E-state index is 0.0555. The number of likely N-dealkylation sites (tertiary alicyclic amines) is 1. The summed E-state index contributed by atoms with van der Waals surface area (Å²) in [5, 5.41) is 0. The Balaban J connectivity index is 1.64. The smallest absolute Gasteiger partial charge is 0.254 e. The second-order valence-electron chi connectivity index (χ2n) is 6.99. The molecule has 3 unspecified atom stereocenters. The SMILES string of the molecule is CC1CCN(C(=O)c2cccc(OCC3CCCO3)c2)C(CN)C1.